The number of phenols is 1. The summed E-state index contributed by atoms with van der Waals surface area (Å²) in [5.74, 6) is 0.604. The van der Waals surface area contributed by atoms with Crippen LogP contribution in [0, 0.1) is 0 Å². The van der Waals surface area contributed by atoms with Crippen molar-refractivity contribution in [2.75, 3.05) is 4.90 Å². The second-order valence-corrected chi connectivity index (χ2v) is 8.50. The molecule has 3 aromatic rings. The number of rotatable bonds is 4. The average Bonchev–Trinajstić information content (AvgIpc) is 3.02. The SMILES string of the molecule is CC(C)(C)c1cc(N(C(N)=O)c2cccc(Cl)c2Cl)n(Cc2cccc(O)c2)n1. The minimum Gasteiger partial charge on any atom is -0.508 e. The molecule has 0 saturated heterocycles. The Hall–Kier alpha value is -2.70. The van der Waals surface area contributed by atoms with Crippen LogP contribution in [0.4, 0.5) is 16.3 Å². The monoisotopic (exact) mass is 432 g/mol. The first-order valence-electron chi connectivity index (χ1n) is 8.97. The Morgan fingerprint density at radius 2 is 1.86 bits per heavy atom. The molecule has 0 saturated carbocycles. The minimum absolute atomic E-state index is 0.150. The zero-order valence-electron chi connectivity index (χ0n) is 16.4. The number of primary amides is 1. The quantitative estimate of drug-likeness (QED) is 0.573. The molecule has 6 nitrogen and oxygen atoms in total. The zero-order valence-corrected chi connectivity index (χ0v) is 17.9. The summed E-state index contributed by atoms with van der Waals surface area (Å²) >= 11 is 12.5. The predicted molar refractivity (Wildman–Crippen MR) is 116 cm³/mol. The third kappa shape index (κ3) is 4.49. The Morgan fingerprint density at radius 1 is 1.17 bits per heavy atom. The maximum Gasteiger partial charge on any atom is 0.325 e. The normalized spacial score (nSPS) is 11.5. The molecular formula is C21H22Cl2N4O2. The molecule has 0 radical (unpaired) electrons. The Labute approximate surface area is 179 Å². The molecule has 3 rings (SSSR count). The molecule has 1 aromatic heterocycles. The van der Waals surface area contributed by atoms with Gasteiger partial charge < -0.3 is 10.8 Å². The van der Waals surface area contributed by atoms with Crippen LogP contribution in [-0.2, 0) is 12.0 Å². The summed E-state index contributed by atoms with van der Waals surface area (Å²) in [6, 6.07) is 12.9. The number of carbonyl (C=O) groups excluding carboxylic acids is 1. The highest BCUT2D eigenvalue weighted by atomic mass is 35.5. The van der Waals surface area contributed by atoms with Crippen molar-refractivity contribution in [3.05, 3.63) is 69.8 Å². The lowest BCUT2D eigenvalue weighted by molar-refractivity contribution is 0.255. The molecule has 0 fully saturated rings. The van der Waals surface area contributed by atoms with E-state index in [2.05, 4.69) is 0 Å². The van der Waals surface area contributed by atoms with Gasteiger partial charge in [-0.15, -0.1) is 0 Å². The topological polar surface area (TPSA) is 84.4 Å². The fraction of sp³-hybridized carbons (Fsp3) is 0.238. The summed E-state index contributed by atoms with van der Waals surface area (Å²) in [5, 5.41) is 15.0. The van der Waals surface area contributed by atoms with Gasteiger partial charge in [0.1, 0.15) is 11.6 Å². The van der Waals surface area contributed by atoms with Crippen molar-refractivity contribution in [1.82, 2.24) is 9.78 Å². The number of phenolic OH excluding ortho intramolecular Hbond substituents is 1. The Kier molecular flexibility index (Phi) is 5.78. The number of benzene rings is 2. The van der Waals surface area contributed by atoms with Crippen molar-refractivity contribution < 1.29 is 9.90 Å². The van der Waals surface area contributed by atoms with E-state index in [-0.39, 0.29) is 16.2 Å². The number of urea groups is 1. The molecule has 29 heavy (non-hydrogen) atoms. The van der Waals surface area contributed by atoms with E-state index < -0.39 is 6.03 Å². The molecule has 0 spiro atoms. The van der Waals surface area contributed by atoms with Gasteiger partial charge in [-0.05, 0) is 29.8 Å². The molecule has 0 bridgehead atoms. The van der Waals surface area contributed by atoms with Gasteiger partial charge >= 0.3 is 6.03 Å². The van der Waals surface area contributed by atoms with Crippen molar-refractivity contribution >= 4 is 40.7 Å². The largest absolute Gasteiger partial charge is 0.508 e. The van der Waals surface area contributed by atoms with Gasteiger partial charge in [0.15, 0.2) is 0 Å². The molecule has 0 unspecified atom stereocenters. The summed E-state index contributed by atoms with van der Waals surface area (Å²) in [7, 11) is 0. The van der Waals surface area contributed by atoms with E-state index in [1.165, 1.54) is 4.90 Å². The number of nitrogens with two attached hydrogens (primary N) is 1. The fourth-order valence-corrected chi connectivity index (χ4v) is 3.30. The van der Waals surface area contributed by atoms with Crippen LogP contribution in [0.25, 0.3) is 0 Å². The number of hydrogen-bond donors (Lipinski definition) is 2. The number of amides is 2. The number of halogens is 2. The standard InChI is InChI=1S/C21H22Cl2N4O2/c1-21(2,3)17-11-18(26(25-17)12-13-6-4-7-14(28)10-13)27(20(24)29)16-9-5-8-15(22)19(16)23/h4-11,28H,12H2,1-3H3,(H2,24,29). The van der Waals surface area contributed by atoms with Crippen molar-refractivity contribution in [3.63, 3.8) is 0 Å². The van der Waals surface area contributed by atoms with Crippen LogP contribution in [0.2, 0.25) is 10.0 Å². The number of anilines is 2. The first-order chi connectivity index (χ1) is 13.6. The third-order valence-corrected chi connectivity index (χ3v) is 5.20. The van der Waals surface area contributed by atoms with Gasteiger partial charge in [0.2, 0.25) is 0 Å². The van der Waals surface area contributed by atoms with Gasteiger partial charge in [0.25, 0.3) is 0 Å². The molecule has 0 aliphatic rings. The van der Waals surface area contributed by atoms with Crippen molar-refractivity contribution in [2.45, 2.75) is 32.7 Å². The first kappa shape index (κ1) is 21.0. The van der Waals surface area contributed by atoms with Crippen LogP contribution in [0.1, 0.15) is 32.0 Å². The van der Waals surface area contributed by atoms with E-state index in [1.54, 1.807) is 41.1 Å². The maximum absolute atomic E-state index is 12.4. The van der Waals surface area contributed by atoms with Crippen LogP contribution in [0.5, 0.6) is 5.75 Å². The van der Waals surface area contributed by atoms with E-state index in [0.29, 0.717) is 23.1 Å². The smallest absolute Gasteiger partial charge is 0.325 e. The lowest BCUT2D eigenvalue weighted by Gasteiger charge is -2.23. The molecule has 0 aliphatic heterocycles. The molecule has 2 aromatic carbocycles. The molecule has 2 amide bonds. The van der Waals surface area contributed by atoms with Gasteiger partial charge in [-0.3, -0.25) is 0 Å². The summed E-state index contributed by atoms with van der Waals surface area (Å²) in [6.45, 7) is 6.40. The van der Waals surface area contributed by atoms with Crippen LogP contribution >= 0.6 is 23.2 Å². The number of hydrogen-bond acceptors (Lipinski definition) is 3. The second-order valence-electron chi connectivity index (χ2n) is 7.71. The average molecular weight is 433 g/mol. The molecule has 0 atom stereocenters. The van der Waals surface area contributed by atoms with E-state index in [0.717, 1.165) is 11.3 Å². The summed E-state index contributed by atoms with van der Waals surface area (Å²) in [4.78, 5) is 13.7. The lowest BCUT2D eigenvalue weighted by Crippen LogP contribution is -2.33. The summed E-state index contributed by atoms with van der Waals surface area (Å²) in [5.41, 5.74) is 7.42. The first-order valence-corrected chi connectivity index (χ1v) is 9.73. The van der Waals surface area contributed by atoms with Crippen molar-refractivity contribution in [1.29, 1.82) is 0 Å². The van der Waals surface area contributed by atoms with Crippen molar-refractivity contribution in [2.24, 2.45) is 5.73 Å². The minimum atomic E-state index is -0.716. The van der Waals surface area contributed by atoms with Gasteiger partial charge in [-0.2, -0.15) is 5.10 Å². The van der Waals surface area contributed by atoms with Crippen LogP contribution < -0.4 is 10.6 Å². The summed E-state index contributed by atoms with van der Waals surface area (Å²) in [6.07, 6.45) is 0. The number of aromatic nitrogens is 2. The van der Waals surface area contributed by atoms with Gasteiger partial charge in [-0.25, -0.2) is 14.4 Å². The van der Waals surface area contributed by atoms with E-state index in [9.17, 15) is 9.90 Å². The molecule has 8 heteroatoms. The third-order valence-electron chi connectivity index (χ3n) is 4.39. The molecule has 152 valence electrons. The van der Waals surface area contributed by atoms with Crippen LogP contribution in [0.15, 0.2) is 48.5 Å². The fourth-order valence-electron chi connectivity index (χ4n) is 2.92. The molecular weight excluding hydrogens is 411 g/mol. The van der Waals surface area contributed by atoms with Gasteiger partial charge in [0.05, 0.1) is 28.0 Å². The van der Waals surface area contributed by atoms with E-state index >= 15 is 0 Å². The molecule has 3 N–H and O–H groups in total. The lowest BCUT2D eigenvalue weighted by atomic mass is 9.92. The maximum atomic E-state index is 12.4. The number of aromatic hydroxyl groups is 1. The number of nitrogens with zero attached hydrogens (tertiary/aromatic N) is 3. The number of carbonyl (C=O) groups is 1. The Morgan fingerprint density at radius 3 is 2.48 bits per heavy atom. The van der Waals surface area contributed by atoms with Crippen molar-refractivity contribution in [3.8, 4) is 5.75 Å². The Bertz CT molecular complexity index is 1060. The Balaban J connectivity index is 2.18. The van der Waals surface area contributed by atoms with E-state index in [1.807, 2.05) is 32.9 Å². The highest BCUT2D eigenvalue weighted by Gasteiger charge is 2.27. The summed E-state index contributed by atoms with van der Waals surface area (Å²) < 4.78 is 1.66. The highest BCUT2D eigenvalue weighted by molar-refractivity contribution is 6.44. The second kappa shape index (κ2) is 7.97. The zero-order chi connectivity index (χ0) is 21.3. The van der Waals surface area contributed by atoms with Crippen LogP contribution in [0.3, 0.4) is 0 Å². The van der Waals surface area contributed by atoms with E-state index in [4.69, 9.17) is 34.0 Å². The molecule has 0 aliphatic carbocycles. The van der Waals surface area contributed by atoms with Crippen LogP contribution in [-0.4, -0.2) is 20.9 Å². The molecule has 1 heterocycles. The van der Waals surface area contributed by atoms with Gasteiger partial charge in [0, 0.05) is 11.5 Å². The highest BCUT2D eigenvalue weighted by Crippen LogP contribution is 2.38. The van der Waals surface area contributed by atoms with Gasteiger partial charge in [-0.1, -0.05) is 62.2 Å². The predicted octanol–water partition coefficient (Wildman–Crippen LogP) is 5.46.